The molecule has 0 saturated carbocycles. The summed E-state index contributed by atoms with van der Waals surface area (Å²) in [5.41, 5.74) is 2.23. The van der Waals surface area contributed by atoms with E-state index in [1.165, 1.54) is 5.57 Å². The van der Waals surface area contributed by atoms with E-state index in [-0.39, 0.29) is 0 Å². The van der Waals surface area contributed by atoms with E-state index in [4.69, 9.17) is 4.42 Å². The quantitative estimate of drug-likeness (QED) is 0.271. The summed E-state index contributed by atoms with van der Waals surface area (Å²) in [5.74, 6) is 2.73. The van der Waals surface area contributed by atoms with Crippen LogP contribution < -0.4 is 0 Å². The van der Waals surface area contributed by atoms with E-state index in [9.17, 15) is 0 Å². The van der Waals surface area contributed by atoms with Gasteiger partial charge in [0.15, 0.2) is 0 Å². The Balaban J connectivity index is 2.79. The zero-order valence-electron chi connectivity index (χ0n) is 6.22. The van der Waals surface area contributed by atoms with Crippen LogP contribution in [0.3, 0.4) is 0 Å². The highest BCUT2D eigenvalue weighted by atomic mass is 16.3. The normalized spacial score (nSPS) is 15.4. The third-order valence-corrected chi connectivity index (χ3v) is 1.27. The number of hydrogen-bond acceptors (Lipinski definition) is 0. The Morgan fingerprint density at radius 3 is 2.80 bits per heavy atom. The first-order chi connectivity index (χ1) is 4.83. The van der Waals surface area contributed by atoms with Crippen LogP contribution >= 0.6 is 0 Å². The number of rotatable bonds is 0. The lowest BCUT2D eigenvalue weighted by Crippen LogP contribution is -1.86. The first-order valence-electron chi connectivity index (χ1n) is 3.18. The number of carbonyl (C=O) groups excluding carboxylic acids is 1. The molecular formula is C9H10O. The second-order valence-electron chi connectivity index (χ2n) is 2.17. The number of hydrogen-bond donors (Lipinski definition) is 0. The smallest absolute Gasteiger partial charge is 0.255 e. The molecule has 0 amide bonds. The van der Waals surface area contributed by atoms with Crippen LogP contribution in [0.25, 0.3) is 0 Å². The van der Waals surface area contributed by atoms with Crippen LogP contribution in [0.15, 0.2) is 29.4 Å². The molecule has 0 atom stereocenters. The Hall–Kier alpha value is -1.20. The van der Waals surface area contributed by atoms with Crippen molar-refractivity contribution < 1.29 is 4.42 Å². The molecule has 1 aliphatic carbocycles. The van der Waals surface area contributed by atoms with Crippen molar-refractivity contribution in [2.24, 2.45) is 0 Å². The molecule has 0 saturated heterocycles. The Morgan fingerprint density at radius 2 is 2.30 bits per heavy atom. The van der Waals surface area contributed by atoms with E-state index in [0.717, 1.165) is 5.57 Å². The molecule has 0 spiro atoms. The van der Waals surface area contributed by atoms with E-state index >= 15 is 0 Å². The molecule has 0 aromatic heterocycles. The van der Waals surface area contributed by atoms with E-state index in [1.54, 1.807) is 7.11 Å². The van der Waals surface area contributed by atoms with Gasteiger partial charge in [-0.2, -0.15) is 0 Å². The first-order valence-corrected chi connectivity index (χ1v) is 3.18. The molecule has 0 aromatic carbocycles. The van der Waals surface area contributed by atoms with Crippen molar-refractivity contribution in [1.82, 2.24) is 0 Å². The molecule has 0 N–H and O–H groups in total. The van der Waals surface area contributed by atoms with Crippen molar-refractivity contribution in [2.75, 3.05) is 7.11 Å². The van der Waals surface area contributed by atoms with Crippen molar-refractivity contribution in [3.8, 4) is 0 Å². The molecule has 52 valence electrons. The molecular weight excluding hydrogens is 124 g/mol. The standard InChI is InChI=1S/C9H10O/c1-8-3-5-9(6-4-8)7-10-2/h3-6H,1-2H3. The van der Waals surface area contributed by atoms with Crippen molar-refractivity contribution >= 4 is 5.94 Å². The van der Waals surface area contributed by atoms with Crippen LogP contribution in [0.1, 0.15) is 6.92 Å². The van der Waals surface area contributed by atoms with Gasteiger partial charge in [-0.3, -0.25) is 4.42 Å². The van der Waals surface area contributed by atoms with Gasteiger partial charge < -0.3 is 0 Å². The SMILES string of the molecule is C[O+]=C=C1C=CC(C)=C[CH-]1. The molecule has 1 aliphatic rings. The summed E-state index contributed by atoms with van der Waals surface area (Å²) < 4.78 is 4.72. The van der Waals surface area contributed by atoms with Gasteiger partial charge in [-0.25, -0.2) is 0 Å². The fraction of sp³-hybridized carbons (Fsp3) is 0.222. The predicted octanol–water partition coefficient (Wildman–Crippen LogP) is 1.63. The highest BCUT2D eigenvalue weighted by Gasteiger charge is 1.89. The Morgan fingerprint density at radius 1 is 1.50 bits per heavy atom. The lowest BCUT2D eigenvalue weighted by atomic mass is 10.1. The highest BCUT2D eigenvalue weighted by molar-refractivity contribution is 5.64. The number of allylic oxidation sites excluding steroid dienone is 5. The maximum absolute atomic E-state index is 4.72. The van der Waals surface area contributed by atoms with Crippen molar-refractivity contribution in [3.63, 3.8) is 0 Å². The first kappa shape index (κ1) is 6.91. The summed E-state index contributed by atoms with van der Waals surface area (Å²) >= 11 is 0. The van der Waals surface area contributed by atoms with Crippen LogP contribution in [-0.2, 0) is 4.42 Å². The largest absolute Gasteiger partial charge is 0.259 e. The average Bonchev–Trinajstić information content (AvgIpc) is 1.95. The summed E-state index contributed by atoms with van der Waals surface area (Å²) in [6, 6.07) is 0. The summed E-state index contributed by atoms with van der Waals surface area (Å²) in [7, 11) is 1.60. The molecule has 1 heteroatoms. The van der Waals surface area contributed by atoms with Crippen LogP contribution in [0.2, 0.25) is 0 Å². The summed E-state index contributed by atoms with van der Waals surface area (Å²) in [6.45, 7) is 2.05. The second kappa shape index (κ2) is 3.09. The van der Waals surface area contributed by atoms with Gasteiger partial charge in [0.2, 0.25) is 5.94 Å². The van der Waals surface area contributed by atoms with Crippen molar-refractivity contribution in [1.29, 1.82) is 0 Å². The minimum absolute atomic E-state index is 0.980. The molecule has 0 radical (unpaired) electrons. The van der Waals surface area contributed by atoms with Crippen LogP contribution in [-0.4, -0.2) is 13.1 Å². The minimum atomic E-state index is 0.980. The van der Waals surface area contributed by atoms with Crippen LogP contribution in [0, 0.1) is 6.42 Å². The van der Waals surface area contributed by atoms with Gasteiger partial charge in [-0.05, 0) is 5.57 Å². The Bertz CT molecular complexity index is 237. The van der Waals surface area contributed by atoms with E-state index in [0.29, 0.717) is 0 Å². The third kappa shape index (κ3) is 1.64. The monoisotopic (exact) mass is 134 g/mol. The minimum Gasteiger partial charge on any atom is -0.259 e. The van der Waals surface area contributed by atoms with Gasteiger partial charge in [0.05, 0.1) is 0 Å². The molecule has 0 bridgehead atoms. The van der Waals surface area contributed by atoms with E-state index in [2.05, 4.69) is 12.9 Å². The van der Waals surface area contributed by atoms with E-state index < -0.39 is 0 Å². The molecule has 10 heavy (non-hydrogen) atoms. The van der Waals surface area contributed by atoms with Gasteiger partial charge in [0, 0.05) is 0 Å². The molecule has 0 aliphatic heterocycles. The average molecular weight is 134 g/mol. The summed E-state index contributed by atoms with van der Waals surface area (Å²) in [5, 5.41) is 0. The molecule has 0 unspecified atom stereocenters. The highest BCUT2D eigenvalue weighted by Crippen LogP contribution is 2.10. The zero-order chi connectivity index (χ0) is 7.40. The Labute approximate surface area is 61.1 Å². The summed E-state index contributed by atoms with van der Waals surface area (Å²) in [4.78, 5) is 0. The molecule has 0 fully saturated rings. The Kier molecular flexibility index (Phi) is 2.14. The van der Waals surface area contributed by atoms with Gasteiger partial charge >= 0.3 is 0 Å². The molecule has 0 heterocycles. The molecule has 0 aromatic rings. The fourth-order valence-electron chi connectivity index (χ4n) is 0.739. The van der Waals surface area contributed by atoms with Gasteiger partial charge in [0.25, 0.3) is 7.11 Å². The van der Waals surface area contributed by atoms with Gasteiger partial charge in [0.1, 0.15) is 0 Å². The van der Waals surface area contributed by atoms with Crippen molar-refractivity contribution in [2.45, 2.75) is 6.92 Å². The van der Waals surface area contributed by atoms with Crippen LogP contribution in [0.5, 0.6) is 0 Å². The molecule has 1 nitrogen and oxygen atoms in total. The second-order valence-corrected chi connectivity index (χ2v) is 2.17. The van der Waals surface area contributed by atoms with Gasteiger partial charge in [-0.15, -0.1) is 30.2 Å². The van der Waals surface area contributed by atoms with Gasteiger partial charge in [-0.1, -0.05) is 6.92 Å². The third-order valence-electron chi connectivity index (χ3n) is 1.27. The maximum atomic E-state index is 4.72. The fourth-order valence-corrected chi connectivity index (χ4v) is 0.739. The van der Waals surface area contributed by atoms with Crippen LogP contribution in [0.4, 0.5) is 0 Å². The zero-order valence-corrected chi connectivity index (χ0v) is 6.22. The predicted molar refractivity (Wildman–Crippen MR) is 42.3 cm³/mol. The molecule has 1 rings (SSSR count). The lowest BCUT2D eigenvalue weighted by Gasteiger charge is -2.06. The maximum Gasteiger partial charge on any atom is 0.255 e. The summed E-state index contributed by atoms with van der Waals surface area (Å²) in [6.07, 6.45) is 8.00. The topological polar surface area (TPSA) is 11.3 Å². The van der Waals surface area contributed by atoms with Crippen molar-refractivity contribution in [3.05, 3.63) is 35.8 Å². The lowest BCUT2D eigenvalue weighted by molar-refractivity contribution is 0.189. The van der Waals surface area contributed by atoms with E-state index in [1.807, 2.05) is 24.6 Å².